The highest BCUT2D eigenvalue weighted by Crippen LogP contribution is 2.28. The van der Waals surface area contributed by atoms with Gasteiger partial charge in [-0.3, -0.25) is 0 Å². The summed E-state index contributed by atoms with van der Waals surface area (Å²) in [5, 5.41) is 13.3. The predicted octanol–water partition coefficient (Wildman–Crippen LogP) is 2.05. The predicted molar refractivity (Wildman–Crippen MR) is 94.2 cm³/mol. The van der Waals surface area contributed by atoms with Gasteiger partial charge in [-0.15, -0.1) is 6.58 Å². The molecule has 0 fully saturated rings. The molecular formula is C18H30N2O3. The van der Waals surface area contributed by atoms with Gasteiger partial charge in [-0.05, 0) is 30.8 Å². The van der Waals surface area contributed by atoms with Crippen LogP contribution in [0, 0.1) is 0 Å². The maximum absolute atomic E-state index is 10.1. The first-order valence-electron chi connectivity index (χ1n) is 8.16. The van der Waals surface area contributed by atoms with Gasteiger partial charge in [0.05, 0.1) is 7.11 Å². The zero-order valence-corrected chi connectivity index (χ0v) is 14.5. The zero-order chi connectivity index (χ0) is 17.1. The van der Waals surface area contributed by atoms with Crippen LogP contribution in [0.15, 0.2) is 30.9 Å². The molecule has 1 atom stereocenters. The molecule has 1 aromatic rings. The molecule has 0 aromatic heterocycles. The Kier molecular flexibility index (Phi) is 9.36. The largest absolute Gasteiger partial charge is 0.493 e. The number of benzene rings is 1. The van der Waals surface area contributed by atoms with Crippen LogP contribution in [-0.4, -0.2) is 56.0 Å². The Morgan fingerprint density at radius 3 is 2.65 bits per heavy atom. The van der Waals surface area contributed by atoms with E-state index in [9.17, 15) is 5.11 Å². The monoisotopic (exact) mass is 322 g/mol. The minimum absolute atomic E-state index is 0.251. The molecule has 1 aromatic carbocycles. The van der Waals surface area contributed by atoms with Crippen molar-refractivity contribution in [1.82, 2.24) is 10.2 Å². The summed E-state index contributed by atoms with van der Waals surface area (Å²) < 4.78 is 11.1. The standard InChI is InChI=1S/C18H30N2O3/c1-5-10-19-12-15-8-9-17(18(11-15)22-4)23-14-16(21)13-20(6-2)7-3/h5,8-9,11,16,19,21H,1,6-7,10,12-14H2,2-4H3/t16-/m0/s1. The molecule has 0 saturated carbocycles. The number of aliphatic hydroxyl groups is 1. The lowest BCUT2D eigenvalue weighted by Gasteiger charge is -2.22. The Hall–Kier alpha value is -1.56. The summed E-state index contributed by atoms with van der Waals surface area (Å²) in [5.41, 5.74) is 1.11. The highest BCUT2D eigenvalue weighted by molar-refractivity contribution is 5.43. The molecule has 0 bridgehead atoms. The summed E-state index contributed by atoms with van der Waals surface area (Å²) >= 11 is 0. The molecule has 0 spiro atoms. The fraction of sp³-hybridized carbons (Fsp3) is 0.556. The van der Waals surface area contributed by atoms with Gasteiger partial charge in [0.25, 0.3) is 0 Å². The van der Waals surface area contributed by atoms with Gasteiger partial charge >= 0.3 is 0 Å². The number of hydrogen-bond donors (Lipinski definition) is 2. The van der Waals surface area contributed by atoms with Crippen LogP contribution in [0.25, 0.3) is 0 Å². The molecule has 5 nitrogen and oxygen atoms in total. The van der Waals surface area contributed by atoms with Crippen LogP contribution in [0.3, 0.4) is 0 Å². The first-order chi connectivity index (χ1) is 11.1. The molecule has 0 saturated heterocycles. The summed E-state index contributed by atoms with van der Waals surface area (Å²) in [5.74, 6) is 1.33. The molecule has 0 amide bonds. The summed E-state index contributed by atoms with van der Waals surface area (Å²) in [4.78, 5) is 2.17. The first-order valence-corrected chi connectivity index (χ1v) is 8.16. The van der Waals surface area contributed by atoms with Gasteiger partial charge in [-0.25, -0.2) is 0 Å². The Bertz CT molecular complexity index is 462. The number of rotatable bonds is 12. The minimum atomic E-state index is -0.520. The van der Waals surface area contributed by atoms with Gasteiger partial charge in [0.15, 0.2) is 11.5 Å². The third-order valence-electron chi connectivity index (χ3n) is 3.64. The smallest absolute Gasteiger partial charge is 0.161 e. The van der Waals surface area contributed by atoms with Crippen molar-refractivity contribution in [2.24, 2.45) is 0 Å². The fourth-order valence-electron chi connectivity index (χ4n) is 2.28. The van der Waals surface area contributed by atoms with Gasteiger partial charge in [0.2, 0.25) is 0 Å². The SMILES string of the molecule is C=CCNCc1ccc(OC[C@@H](O)CN(CC)CC)c(OC)c1. The van der Waals surface area contributed by atoms with Crippen molar-refractivity contribution < 1.29 is 14.6 Å². The second-order valence-corrected chi connectivity index (χ2v) is 5.36. The Labute approximate surface area is 139 Å². The second kappa shape index (κ2) is 11.0. The first kappa shape index (κ1) is 19.5. The summed E-state index contributed by atoms with van der Waals surface area (Å²) in [6, 6.07) is 5.82. The lowest BCUT2D eigenvalue weighted by molar-refractivity contribution is 0.0705. The van der Waals surface area contributed by atoms with Gasteiger partial charge in [0.1, 0.15) is 12.7 Å². The van der Waals surface area contributed by atoms with E-state index in [1.807, 2.05) is 24.3 Å². The molecule has 23 heavy (non-hydrogen) atoms. The number of ether oxygens (including phenoxy) is 2. The zero-order valence-electron chi connectivity index (χ0n) is 14.5. The molecule has 0 radical (unpaired) electrons. The normalized spacial score (nSPS) is 12.2. The van der Waals surface area contributed by atoms with E-state index in [1.165, 1.54) is 0 Å². The van der Waals surface area contributed by atoms with Crippen molar-refractivity contribution in [1.29, 1.82) is 0 Å². The van der Waals surface area contributed by atoms with E-state index in [2.05, 4.69) is 30.6 Å². The molecule has 0 heterocycles. The number of nitrogens with zero attached hydrogens (tertiary/aromatic N) is 1. The number of hydrogen-bond acceptors (Lipinski definition) is 5. The van der Waals surface area contributed by atoms with E-state index in [0.717, 1.165) is 31.7 Å². The topological polar surface area (TPSA) is 54.0 Å². The fourth-order valence-corrected chi connectivity index (χ4v) is 2.28. The number of likely N-dealkylation sites (N-methyl/N-ethyl adjacent to an activating group) is 1. The van der Waals surface area contributed by atoms with E-state index < -0.39 is 6.10 Å². The van der Waals surface area contributed by atoms with E-state index in [-0.39, 0.29) is 6.61 Å². The van der Waals surface area contributed by atoms with Crippen molar-refractivity contribution in [3.05, 3.63) is 36.4 Å². The molecule has 0 aliphatic rings. The highest BCUT2D eigenvalue weighted by atomic mass is 16.5. The van der Waals surface area contributed by atoms with Crippen LogP contribution >= 0.6 is 0 Å². The van der Waals surface area contributed by atoms with Crippen molar-refractivity contribution >= 4 is 0 Å². The maximum Gasteiger partial charge on any atom is 0.161 e. The van der Waals surface area contributed by atoms with E-state index in [0.29, 0.717) is 18.0 Å². The molecule has 5 heteroatoms. The molecule has 2 N–H and O–H groups in total. The Morgan fingerprint density at radius 2 is 2.04 bits per heavy atom. The van der Waals surface area contributed by atoms with Crippen LogP contribution in [0.1, 0.15) is 19.4 Å². The Morgan fingerprint density at radius 1 is 1.30 bits per heavy atom. The highest BCUT2D eigenvalue weighted by Gasteiger charge is 2.12. The number of methoxy groups -OCH3 is 1. The Balaban J connectivity index is 2.57. The van der Waals surface area contributed by atoms with Gasteiger partial charge in [0, 0.05) is 19.6 Å². The quantitative estimate of drug-likeness (QED) is 0.456. The molecule has 1 rings (SSSR count). The number of nitrogens with one attached hydrogen (secondary N) is 1. The van der Waals surface area contributed by atoms with Gasteiger partial charge in [-0.1, -0.05) is 26.0 Å². The van der Waals surface area contributed by atoms with Crippen LogP contribution in [0.4, 0.5) is 0 Å². The minimum Gasteiger partial charge on any atom is -0.493 e. The lowest BCUT2D eigenvalue weighted by atomic mass is 10.2. The lowest BCUT2D eigenvalue weighted by Crippen LogP contribution is -2.35. The van der Waals surface area contributed by atoms with E-state index in [4.69, 9.17) is 9.47 Å². The maximum atomic E-state index is 10.1. The molecule has 0 aliphatic heterocycles. The third kappa shape index (κ3) is 7.03. The van der Waals surface area contributed by atoms with Crippen molar-refractivity contribution in [2.45, 2.75) is 26.5 Å². The second-order valence-electron chi connectivity index (χ2n) is 5.36. The number of aliphatic hydroxyl groups excluding tert-OH is 1. The summed E-state index contributed by atoms with van der Waals surface area (Å²) in [6.45, 7) is 12.1. The van der Waals surface area contributed by atoms with Crippen molar-refractivity contribution in [2.75, 3.05) is 39.9 Å². The van der Waals surface area contributed by atoms with E-state index in [1.54, 1.807) is 7.11 Å². The summed E-state index contributed by atoms with van der Waals surface area (Å²) in [6.07, 6.45) is 1.31. The van der Waals surface area contributed by atoms with Crippen LogP contribution in [0.2, 0.25) is 0 Å². The molecule has 0 aliphatic carbocycles. The molecule has 0 unspecified atom stereocenters. The van der Waals surface area contributed by atoms with Crippen LogP contribution in [-0.2, 0) is 6.54 Å². The van der Waals surface area contributed by atoms with Crippen molar-refractivity contribution in [3.63, 3.8) is 0 Å². The average Bonchev–Trinajstić information content (AvgIpc) is 2.58. The van der Waals surface area contributed by atoms with Gasteiger partial charge < -0.3 is 24.8 Å². The van der Waals surface area contributed by atoms with Crippen LogP contribution < -0.4 is 14.8 Å². The third-order valence-corrected chi connectivity index (χ3v) is 3.64. The van der Waals surface area contributed by atoms with Gasteiger partial charge in [-0.2, -0.15) is 0 Å². The van der Waals surface area contributed by atoms with E-state index >= 15 is 0 Å². The van der Waals surface area contributed by atoms with Crippen molar-refractivity contribution in [3.8, 4) is 11.5 Å². The average molecular weight is 322 g/mol. The molecular weight excluding hydrogens is 292 g/mol. The molecule has 130 valence electrons. The van der Waals surface area contributed by atoms with Crippen LogP contribution in [0.5, 0.6) is 11.5 Å². The summed E-state index contributed by atoms with van der Waals surface area (Å²) in [7, 11) is 1.62.